The molecule has 3 rings (SSSR count). The summed E-state index contributed by atoms with van der Waals surface area (Å²) >= 11 is 0. The molecule has 140 valence electrons. The fourth-order valence-electron chi connectivity index (χ4n) is 5.15. The van der Waals surface area contributed by atoms with Crippen LogP contribution in [0.25, 0.3) is 0 Å². The molecular weight excluding hydrogens is 334 g/mol. The van der Waals surface area contributed by atoms with Crippen LogP contribution in [0, 0.1) is 23.5 Å². The summed E-state index contributed by atoms with van der Waals surface area (Å²) in [5.74, 6) is 0.791. The van der Waals surface area contributed by atoms with Crippen molar-refractivity contribution in [3.8, 4) is 0 Å². The van der Waals surface area contributed by atoms with E-state index < -0.39 is 20.4 Å². The Bertz CT molecular complexity index is 535. The van der Waals surface area contributed by atoms with E-state index >= 15 is 0 Å². The molecule has 1 aliphatic carbocycles. The van der Waals surface area contributed by atoms with Gasteiger partial charge in [0, 0.05) is 22.5 Å². The first-order chi connectivity index (χ1) is 12.2. The van der Waals surface area contributed by atoms with Crippen molar-refractivity contribution in [3.05, 3.63) is 35.4 Å². The summed E-state index contributed by atoms with van der Waals surface area (Å²) in [5.41, 5.74) is 0.992. The van der Waals surface area contributed by atoms with Crippen molar-refractivity contribution in [3.63, 3.8) is 0 Å². The number of hydrogen-bond donors (Lipinski definition) is 0. The molecule has 2 aliphatic rings. The van der Waals surface area contributed by atoms with E-state index in [9.17, 15) is 8.78 Å². The second-order valence-electron chi connectivity index (χ2n) is 8.20. The molecule has 0 aromatic heterocycles. The van der Waals surface area contributed by atoms with Gasteiger partial charge in [-0.25, -0.2) is 8.78 Å². The van der Waals surface area contributed by atoms with Gasteiger partial charge in [-0.05, 0) is 67.6 Å². The van der Waals surface area contributed by atoms with E-state index in [1.165, 1.54) is 62.4 Å². The zero-order valence-electron chi connectivity index (χ0n) is 15.5. The van der Waals surface area contributed by atoms with Crippen LogP contribution in [0.3, 0.4) is 0 Å². The second kappa shape index (κ2) is 9.27. The van der Waals surface area contributed by atoms with Crippen LogP contribution >= 0.6 is 0 Å². The van der Waals surface area contributed by atoms with Gasteiger partial charge in [0.25, 0.3) is 0 Å². The first-order valence-electron chi connectivity index (χ1n) is 10.1. The van der Waals surface area contributed by atoms with E-state index in [1.807, 2.05) is 0 Å². The number of benzene rings is 1. The average Bonchev–Trinajstić information content (AvgIpc) is 2.65. The van der Waals surface area contributed by atoms with Gasteiger partial charge in [0.05, 0.1) is 0 Å². The van der Waals surface area contributed by atoms with Gasteiger partial charge in [-0.3, -0.25) is 0 Å². The Morgan fingerprint density at radius 3 is 2.28 bits per heavy atom. The van der Waals surface area contributed by atoms with Crippen LogP contribution in [0.1, 0.15) is 56.4 Å². The van der Waals surface area contributed by atoms with E-state index in [2.05, 4.69) is 0 Å². The average molecular weight is 367 g/mol. The standard InChI is InChI=1S/C21H32F2OSi/c1-24-11-2-12-25-13-9-18(10-14-25)16-3-5-17(6-4-16)19-7-8-20(22)21(23)15-19/h7-8,15-18,25H,2-6,9-14H2,1H3. The largest absolute Gasteiger partial charge is 0.385 e. The van der Waals surface area contributed by atoms with Crippen molar-refractivity contribution in [2.24, 2.45) is 11.8 Å². The minimum absolute atomic E-state index is 0.422. The van der Waals surface area contributed by atoms with Crippen LogP contribution in [0.5, 0.6) is 0 Å². The minimum atomic E-state index is -0.733. The smallest absolute Gasteiger partial charge is 0.159 e. The monoisotopic (exact) mass is 366 g/mol. The summed E-state index contributed by atoms with van der Waals surface area (Å²) in [6, 6.07) is 8.99. The molecule has 0 atom stereocenters. The molecule has 0 amide bonds. The van der Waals surface area contributed by atoms with Crippen LogP contribution in [0.2, 0.25) is 18.1 Å². The molecule has 2 fully saturated rings. The third kappa shape index (κ3) is 5.13. The van der Waals surface area contributed by atoms with Crippen molar-refractivity contribution < 1.29 is 13.5 Å². The third-order valence-corrected chi connectivity index (χ3v) is 10.2. The van der Waals surface area contributed by atoms with Gasteiger partial charge in [-0.1, -0.05) is 37.0 Å². The van der Waals surface area contributed by atoms with Crippen molar-refractivity contribution in [1.29, 1.82) is 0 Å². The maximum Gasteiger partial charge on any atom is 0.159 e. The molecule has 1 aromatic rings. The molecule has 1 saturated heterocycles. The van der Waals surface area contributed by atoms with E-state index in [-0.39, 0.29) is 0 Å². The number of rotatable bonds is 6. The molecule has 1 aromatic carbocycles. The molecule has 25 heavy (non-hydrogen) atoms. The van der Waals surface area contributed by atoms with Gasteiger partial charge in [0.2, 0.25) is 0 Å². The molecule has 0 spiro atoms. The molecule has 1 heterocycles. The van der Waals surface area contributed by atoms with Crippen LogP contribution in [-0.2, 0) is 4.74 Å². The highest BCUT2D eigenvalue weighted by atomic mass is 28.3. The highest BCUT2D eigenvalue weighted by Crippen LogP contribution is 2.43. The predicted molar refractivity (Wildman–Crippen MR) is 102 cm³/mol. The second-order valence-corrected chi connectivity index (χ2v) is 11.7. The molecular formula is C21H32F2OSi. The van der Waals surface area contributed by atoms with Gasteiger partial charge >= 0.3 is 0 Å². The Morgan fingerprint density at radius 2 is 1.64 bits per heavy atom. The number of hydrogen-bond acceptors (Lipinski definition) is 1. The van der Waals surface area contributed by atoms with Gasteiger partial charge < -0.3 is 4.74 Å². The summed E-state index contributed by atoms with van der Waals surface area (Å²) in [4.78, 5) is 0. The van der Waals surface area contributed by atoms with Crippen molar-refractivity contribution >= 4 is 8.80 Å². The van der Waals surface area contributed by atoms with Crippen LogP contribution < -0.4 is 0 Å². The maximum absolute atomic E-state index is 13.5. The zero-order valence-corrected chi connectivity index (χ0v) is 16.6. The maximum atomic E-state index is 13.5. The van der Waals surface area contributed by atoms with Gasteiger partial charge in [-0.2, -0.15) is 0 Å². The highest BCUT2D eigenvalue weighted by molar-refractivity contribution is 6.58. The van der Waals surface area contributed by atoms with Gasteiger partial charge in [0.15, 0.2) is 11.6 Å². The molecule has 4 heteroatoms. The molecule has 1 nitrogen and oxygen atoms in total. The molecule has 0 radical (unpaired) electrons. The fourth-order valence-corrected chi connectivity index (χ4v) is 8.56. The molecule has 0 unspecified atom stereocenters. The lowest BCUT2D eigenvalue weighted by Crippen LogP contribution is -2.28. The first kappa shape index (κ1) is 19.0. The zero-order chi connectivity index (χ0) is 17.6. The number of methoxy groups -OCH3 is 1. The fraction of sp³-hybridized carbons (Fsp3) is 0.714. The Kier molecular flexibility index (Phi) is 7.06. The molecule has 0 N–H and O–H groups in total. The summed E-state index contributed by atoms with van der Waals surface area (Å²) in [5, 5.41) is 0. The summed E-state index contributed by atoms with van der Waals surface area (Å²) < 4.78 is 31.8. The third-order valence-electron chi connectivity index (χ3n) is 6.71. The Labute approximate surface area is 152 Å². The normalized spacial score (nSPS) is 30.4. The van der Waals surface area contributed by atoms with E-state index in [0.29, 0.717) is 5.92 Å². The highest BCUT2D eigenvalue weighted by Gasteiger charge is 2.31. The Morgan fingerprint density at radius 1 is 0.960 bits per heavy atom. The summed E-state index contributed by atoms with van der Waals surface area (Å²) in [7, 11) is 1.32. The van der Waals surface area contributed by atoms with Crippen LogP contribution in [0.4, 0.5) is 8.78 Å². The molecule has 0 bridgehead atoms. The van der Waals surface area contributed by atoms with Crippen molar-refractivity contribution in [1.82, 2.24) is 0 Å². The van der Waals surface area contributed by atoms with Crippen LogP contribution in [-0.4, -0.2) is 22.5 Å². The number of halogens is 2. The molecule has 1 aliphatic heterocycles. The quantitative estimate of drug-likeness (QED) is 0.449. The van der Waals surface area contributed by atoms with Gasteiger partial charge in [-0.15, -0.1) is 0 Å². The summed E-state index contributed by atoms with van der Waals surface area (Å²) in [6.45, 7) is 0.931. The minimum Gasteiger partial charge on any atom is -0.385 e. The Balaban J connectivity index is 1.43. The van der Waals surface area contributed by atoms with Gasteiger partial charge in [0.1, 0.15) is 0 Å². The summed E-state index contributed by atoms with van der Waals surface area (Å²) in [6.07, 6.45) is 8.97. The SMILES string of the molecule is COCCC[SiH]1CCC(C2CCC(c3ccc(F)c(F)c3)CC2)CC1. The van der Waals surface area contributed by atoms with Crippen molar-refractivity contribution in [2.75, 3.05) is 13.7 Å². The number of ether oxygens (including phenoxy) is 1. The lowest BCUT2D eigenvalue weighted by atomic mass is 9.72. The van der Waals surface area contributed by atoms with E-state index in [0.717, 1.165) is 36.8 Å². The predicted octanol–water partition coefficient (Wildman–Crippen LogP) is 5.91. The van der Waals surface area contributed by atoms with E-state index in [1.54, 1.807) is 13.2 Å². The van der Waals surface area contributed by atoms with Crippen molar-refractivity contribution in [2.45, 2.75) is 69.0 Å². The topological polar surface area (TPSA) is 9.23 Å². The lowest BCUT2D eigenvalue weighted by molar-refractivity contribution is 0.198. The Hall–Kier alpha value is -0.743. The molecule has 1 saturated carbocycles. The van der Waals surface area contributed by atoms with E-state index in [4.69, 9.17) is 4.74 Å². The lowest BCUT2D eigenvalue weighted by Gasteiger charge is -2.37. The first-order valence-corrected chi connectivity index (χ1v) is 12.6. The van der Waals surface area contributed by atoms with Crippen LogP contribution in [0.15, 0.2) is 18.2 Å².